The molecule has 0 spiro atoms. The molecule has 1 fully saturated rings. The predicted molar refractivity (Wildman–Crippen MR) is 58.6 cm³/mol. The van der Waals surface area contributed by atoms with Gasteiger partial charge in [-0.1, -0.05) is 12.5 Å². The summed E-state index contributed by atoms with van der Waals surface area (Å²) >= 11 is 1.53. The van der Waals surface area contributed by atoms with Crippen LogP contribution >= 0.6 is 11.3 Å². The number of hydrogen-bond donors (Lipinski definition) is 1. The molecular formula is C11H15NOS. The summed E-state index contributed by atoms with van der Waals surface area (Å²) in [5.41, 5.74) is 5.86. The van der Waals surface area contributed by atoms with E-state index in [0.717, 1.165) is 17.7 Å². The van der Waals surface area contributed by atoms with Crippen LogP contribution in [0.4, 0.5) is 0 Å². The van der Waals surface area contributed by atoms with Gasteiger partial charge in [0.2, 0.25) is 0 Å². The van der Waals surface area contributed by atoms with Crippen molar-refractivity contribution in [1.82, 2.24) is 0 Å². The standard InChI is InChI=1S/C11H15NOS/c12-8-11(4-2-5-11)7-9(13)10-3-1-6-14-10/h1,3,6H,2,4-5,7-8,12H2. The molecule has 1 saturated carbocycles. The fourth-order valence-electron chi connectivity index (χ4n) is 1.99. The highest BCUT2D eigenvalue weighted by Crippen LogP contribution is 2.43. The second-order valence-electron chi connectivity index (χ2n) is 4.13. The highest BCUT2D eigenvalue weighted by atomic mass is 32.1. The van der Waals surface area contributed by atoms with Gasteiger partial charge in [-0.2, -0.15) is 0 Å². The van der Waals surface area contributed by atoms with E-state index in [1.807, 2.05) is 17.5 Å². The van der Waals surface area contributed by atoms with Crippen molar-refractivity contribution in [2.75, 3.05) is 6.54 Å². The Labute approximate surface area is 88.1 Å². The summed E-state index contributed by atoms with van der Waals surface area (Å²) in [6.45, 7) is 0.657. The zero-order chi connectivity index (χ0) is 10.0. The van der Waals surface area contributed by atoms with Gasteiger partial charge in [-0.15, -0.1) is 11.3 Å². The lowest BCUT2D eigenvalue weighted by atomic mass is 9.66. The number of thiophene rings is 1. The molecule has 1 aromatic rings. The molecule has 0 aromatic carbocycles. The number of Topliss-reactive ketones (excluding diaryl/α,β-unsaturated/α-hetero) is 1. The third-order valence-corrected chi connectivity index (χ3v) is 4.09. The van der Waals surface area contributed by atoms with Crippen LogP contribution in [0.15, 0.2) is 17.5 Å². The Morgan fingerprint density at radius 3 is 2.79 bits per heavy atom. The minimum absolute atomic E-state index is 0.140. The lowest BCUT2D eigenvalue weighted by Crippen LogP contribution is -2.39. The summed E-state index contributed by atoms with van der Waals surface area (Å²) in [5, 5.41) is 1.95. The molecule has 14 heavy (non-hydrogen) atoms. The Morgan fingerprint density at radius 1 is 1.57 bits per heavy atom. The molecule has 0 radical (unpaired) electrons. The van der Waals surface area contributed by atoms with E-state index >= 15 is 0 Å². The van der Waals surface area contributed by atoms with Crippen molar-refractivity contribution in [1.29, 1.82) is 0 Å². The SMILES string of the molecule is NCC1(CC(=O)c2cccs2)CCC1. The molecule has 1 aliphatic carbocycles. The second-order valence-corrected chi connectivity index (χ2v) is 5.08. The number of hydrogen-bond acceptors (Lipinski definition) is 3. The Morgan fingerprint density at radius 2 is 2.36 bits per heavy atom. The topological polar surface area (TPSA) is 43.1 Å². The summed E-state index contributed by atoms with van der Waals surface area (Å²) in [4.78, 5) is 12.7. The van der Waals surface area contributed by atoms with Crippen LogP contribution in [0.1, 0.15) is 35.4 Å². The van der Waals surface area contributed by atoms with Crippen molar-refractivity contribution in [2.24, 2.45) is 11.1 Å². The van der Waals surface area contributed by atoms with Crippen molar-refractivity contribution < 1.29 is 4.79 Å². The van der Waals surface area contributed by atoms with E-state index in [-0.39, 0.29) is 11.2 Å². The first-order valence-electron chi connectivity index (χ1n) is 5.03. The molecule has 76 valence electrons. The van der Waals surface area contributed by atoms with Crippen LogP contribution in [0.2, 0.25) is 0 Å². The van der Waals surface area contributed by atoms with Gasteiger partial charge in [0.05, 0.1) is 4.88 Å². The maximum atomic E-state index is 11.8. The highest BCUT2D eigenvalue weighted by Gasteiger charge is 2.37. The van der Waals surface area contributed by atoms with E-state index in [1.165, 1.54) is 17.8 Å². The summed E-state index contributed by atoms with van der Waals surface area (Å²) in [6, 6.07) is 3.82. The summed E-state index contributed by atoms with van der Waals surface area (Å²) in [5.74, 6) is 0.269. The number of rotatable bonds is 4. The zero-order valence-electron chi connectivity index (χ0n) is 8.16. The van der Waals surface area contributed by atoms with Gasteiger partial charge in [0.15, 0.2) is 5.78 Å². The highest BCUT2D eigenvalue weighted by molar-refractivity contribution is 7.12. The van der Waals surface area contributed by atoms with E-state index in [4.69, 9.17) is 5.73 Å². The average molecular weight is 209 g/mol. The molecule has 0 amide bonds. The van der Waals surface area contributed by atoms with Crippen LogP contribution in [0.3, 0.4) is 0 Å². The summed E-state index contributed by atoms with van der Waals surface area (Å²) < 4.78 is 0. The molecule has 0 aliphatic heterocycles. The fourth-order valence-corrected chi connectivity index (χ4v) is 2.66. The smallest absolute Gasteiger partial charge is 0.173 e. The van der Waals surface area contributed by atoms with Gasteiger partial charge in [-0.3, -0.25) is 4.79 Å². The van der Waals surface area contributed by atoms with E-state index in [9.17, 15) is 4.79 Å². The Kier molecular flexibility index (Phi) is 2.70. The zero-order valence-corrected chi connectivity index (χ0v) is 8.98. The number of nitrogens with two attached hydrogens (primary N) is 1. The van der Waals surface area contributed by atoms with E-state index in [2.05, 4.69) is 0 Å². The lowest BCUT2D eigenvalue weighted by molar-refractivity contribution is 0.0790. The third-order valence-electron chi connectivity index (χ3n) is 3.18. The molecule has 0 bridgehead atoms. The third kappa shape index (κ3) is 1.74. The minimum atomic E-state index is 0.140. The number of ketones is 1. The van der Waals surface area contributed by atoms with Crippen LogP contribution < -0.4 is 5.73 Å². The minimum Gasteiger partial charge on any atom is -0.330 e. The molecular weight excluding hydrogens is 194 g/mol. The van der Waals surface area contributed by atoms with Crippen LogP contribution in [0.5, 0.6) is 0 Å². The van der Waals surface area contributed by atoms with Gasteiger partial charge in [-0.25, -0.2) is 0 Å². The second kappa shape index (κ2) is 3.83. The van der Waals surface area contributed by atoms with Crippen molar-refractivity contribution in [3.05, 3.63) is 22.4 Å². The summed E-state index contributed by atoms with van der Waals surface area (Å²) in [7, 11) is 0. The normalized spacial score (nSPS) is 18.9. The first kappa shape index (κ1) is 9.87. The maximum Gasteiger partial charge on any atom is 0.173 e. The first-order valence-corrected chi connectivity index (χ1v) is 5.90. The number of carbonyl (C=O) groups is 1. The number of carbonyl (C=O) groups excluding carboxylic acids is 1. The molecule has 1 heterocycles. The Hall–Kier alpha value is -0.670. The Bertz CT molecular complexity index is 309. The molecule has 0 saturated heterocycles. The van der Waals surface area contributed by atoms with Crippen LogP contribution in [0.25, 0.3) is 0 Å². The fraction of sp³-hybridized carbons (Fsp3) is 0.545. The average Bonchev–Trinajstić information content (AvgIpc) is 2.63. The quantitative estimate of drug-likeness (QED) is 0.774. The molecule has 2 nitrogen and oxygen atoms in total. The van der Waals surface area contributed by atoms with Crippen molar-refractivity contribution >= 4 is 17.1 Å². The first-order chi connectivity index (χ1) is 6.76. The predicted octanol–water partition coefficient (Wildman–Crippen LogP) is 2.45. The molecule has 1 aliphatic rings. The van der Waals surface area contributed by atoms with Crippen molar-refractivity contribution in [3.8, 4) is 0 Å². The molecule has 1 aromatic heterocycles. The maximum absolute atomic E-state index is 11.8. The van der Waals surface area contributed by atoms with Gasteiger partial charge >= 0.3 is 0 Å². The lowest BCUT2D eigenvalue weighted by Gasteiger charge is -2.40. The van der Waals surface area contributed by atoms with Gasteiger partial charge in [-0.05, 0) is 36.2 Å². The van der Waals surface area contributed by atoms with E-state index in [0.29, 0.717) is 13.0 Å². The van der Waals surface area contributed by atoms with Crippen molar-refractivity contribution in [3.63, 3.8) is 0 Å². The van der Waals surface area contributed by atoms with Gasteiger partial charge in [0, 0.05) is 6.42 Å². The summed E-state index contributed by atoms with van der Waals surface area (Å²) in [6.07, 6.45) is 4.13. The largest absolute Gasteiger partial charge is 0.330 e. The van der Waals surface area contributed by atoms with Gasteiger partial charge in [0.25, 0.3) is 0 Å². The van der Waals surface area contributed by atoms with Gasteiger partial charge in [0.1, 0.15) is 0 Å². The molecule has 0 unspecified atom stereocenters. The molecule has 2 N–H and O–H groups in total. The van der Waals surface area contributed by atoms with Gasteiger partial charge < -0.3 is 5.73 Å². The molecule has 2 rings (SSSR count). The van der Waals surface area contributed by atoms with E-state index < -0.39 is 0 Å². The molecule has 0 atom stereocenters. The van der Waals surface area contributed by atoms with Crippen molar-refractivity contribution in [2.45, 2.75) is 25.7 Å². The van der Waals surface area contributed by atoms with Crippen LogP contribution in [-0.2, 0) is 0 Å². The van der Waals surface area contributed by atoms with Crippen LogP contribution in [-0.4, -0.2) is 12.3 Å². The molecule has 3 heteroatoms. The van der Waals surface area contributed by atoms with Crippen LogP contribution in [0, 0.1) is 5.41 Å². The van der Waals surface area contributed by atoms with E-state index in [1.54, 1.807) is 0 Å². The Balaban J connectivity index is 2.01. The monoisotopic (exact) mass is 209 g/mol.